The van der Waals surface area contributed by atoms with Crippen molar-refractivity contribution in [2.24, 2.45) is 0 Å². The van der Waals surface area contributed by atoms with E-state index in [4.69, 9.17) is 0 Å². The summed E-state index contributed by atoms with van der Waals surface area (Å²) in [4.78, 5) is 1.25. The summed E-state index contributed by atoms with van der Waals surface area (Å²) in [7, 11) is 0. The van der Waals surface area contributed by atoms with Crippen molar-refractivity contribution in [3.8, 4) is 0 Å². The van der Waals surface area contributed by atoms with Crippen molar-refractivity contribution in [2.75, 3.05) is 0 Å². The average molecular weight is 337 g/mol. The van der Waals surface area contributed by atoms with Crippen molar-refractivity contribution in [3.05, 3.63) is 56.7 Å². The van der Waals surface area contributed by atoms with E-state index < -0.39 is 0 Å². The summed E-state index contributed by atoms with van der Waals surface area (Å²) in [5.41, 5.74) is 1.28. The van der Waals surface area contributed by atoms with E-state index >= 15 is 0 Å². The highest BCUT2D eigenvalue weighted by Crippen LogP contribution is 2.47. The third kappa shape index (κ3) is 2.51. The van der Waals surface area contributed by atoms with Crippen molar-refractivity contribution in [1.82, 2.24) is 0 Å². The molecule has 1 heterocycles. The van der Waals surface area contributed by atoms with E-state index in [1.165, 1.54) is 16.9 Å². The lowest BCUT2D eigenvalue weighted by molar-refractivity contribution is 0.0291. The van der Waals surface area contributed by atoms with Crippen LogP contribution in [0.5, 0.6) is 0 Å². The maximum atomic E-state index is 10.7. The van der Waals surface area contributed by atoms with E-state index in [1.54, 1.807) is 11.3 Å². The third-order valence-corrected chi connectivity index (χ3v) is 5.90. The van der Waals surface area contributed by atoms with Gasteiger partial charge < -0.3 is 5.11 Å². The lowest BCUT2D eigenvalue weighted by Crippen LogP contribution is -2.46. The molecule has 0 saturated heterocycles. The number of thiophene rings is 1. The zero-order valence-corrected chi connectivity index (χ0v) is 13.1. The first-order valence-corrected chi connectivity index (χ1v) is 8.29. The van der Waals surface area contributed by atoms with Crippen LogP contribution in [0, 0.1) is 0 Å². The van der Waals surface area contributed by atoms with Gasteiger partial charge in [-0.15, -0.1) is 11.3 Å². The second-order valence-electron chi connectivity index (χ2n) is 5.30. The zero-order valence-electron chi connectivity index (χ0n) is 10.7. The number of hydrogen-bond donors (Lipinski definition) is 1. The van der Waals surface area contributed by atoms with Gasteiger partial charge >= 0.3 is 0 Å². The van der Waals surface area contributed by atoms with E-state index in [0.717, 1.165) is 23.0 Å². The normalized spacial score (nSPS) is 18.8. The Morgan fingerprint density at radius 1 is 1.16 bits per heavy atom. The summed E-state index contributed by atoms with van der Waals surface area (Å²) in [6.07, 6.45) is 3.90. The van der Waals surface area contributed by atoms with Gasteiger partial charge in [0.15, 0.2) is 0 Å². The quantitative estimate of drug-likeness (QED) is 0.869. The predicted molar refractivity (Wildman–Crippen MR) is 83.7 cm³/mol. The first-order valence-electron chi connectivity index (χ1n) is 6.68. The summed E-state index contributed by atoms with van der Waals surface area (Å²) in [6, 6.07) is 14.7. The topological polar surface area (TPSA) is 20.2 Å². The highest BCUT2D eigenvalue weighted by molar-refractivity contribution is 9.11. The first-order chi connectivity index (χ1) is 9.21. The Balaban J connectivity index is 1.82. The minimum atomic E-state index is -0.283. The fourth-order valence-electron chi connectivity index (χ4n) is 2.99. The molecule has 0 spiro atoms. The van der Waals surface area contributed by atoms with Crippen LogP contribution in [0.15, 0.2) is 46.3 Å². The van der Waals surface area contributed by atoms with Gasteiger partial charge in [0.1, 0.15) is 0 Å². The predicted octanol–water partition coefficient (Wildman–Crippen LogP) is 4.54. The van der Waals surface area contributed by atoms with E-state index in [-0.39, 0.29) is 11.5 Å². The van der Waals surface area contributed by atoms with Gasteiger partial charge in [-0.25, -0.2) is 0 Å². The molecule has 1 unspecified atom stereocenters. The Morgan fingerprint density at radius 3 is 2.42 bits per heavy atom. The maximum Gasteiger partial charge on any atom is 0.0701 e. The molecule has 0 aliphatic heterocycles. The van der Waals surface area contributed by atoms with Crippen molar-refractivity contribution in [1.29, 1.82) is 0 Å². The fraction of sp³-hybridized carbons (Fsp3) is 0.375. The summed E-state index contributed by atoms with van der Waals surface area (Å²) in [5, 5.41) is 10.7. The van der Waals surface area contributed by atoms with Crippen LogP contribution in [-0.4, -0.2) is 11.2 Å². The molecule has 100 valence electrons. The Morgan fingerprint density at radius 2 is 1.89 bits per heavy atom. The highest BCUT2D eigenvalue weighted by atomic mass is 79.9. The lowest BCUT2D eigenvalue weighted by Gasteiger charge is -2.46. The van der Waals surface area contributed by atoms with E-state index in [2.05, 4.69) is 52.3 Å². The van der Waals surface area contributed by atoms with Gasteiger partial charge in [-0.05, 0) is 46.5 Å². The monoisotopic (exact) mass is 336 g/mol. The zero-order chi connectivity index (χ0) is 13.3. The largest absolute Gasteiger partial charge is 0.392 e. The van der Waals surface area contributed by atoms with Crippen LogP contribution in [-0.2, 0) is 11.8 Å². The third-order valence-electron chi connectivity index (χ3n) is 4.26. The molecular weight excluding hydrogens is 320 g/mol. The smallest absolute Gasteiger partial charge is 0.0701 e. The second kappa shape index (κ2) is 5.39. The minimum absolute atomic E-state index is 0.0161. The molecule has 3 heteroatoms. The standard InChI is InChI=1S/C16H17BrOS/c17-15-8-7-13(19-15)11-14(18)16(9-4-10-16)12-5-2-1-3-6-12/h1-3,5-8,14,18H,4,9-11H2. The fourth-order valence-corrected chi connectivity index (χ4v) is 4.51. The number of hydrogen-bond acceptors (Lipinski definition) is 2. The molecule has 1 N–H and O–H groups in total. The van der Waals surface area contributed by atoms with Gasteiger partial charge in [0.25, 0.3) is 0 Å². The molecule has 1 atom stereocenters. The van der Waals surface area contributed by atoms with Crippen LogP contribution in [0.4, 0.5) is 0 Å². The summed E-state index contributed by atoms with van der Waals surface area (Å²) >= 11 is 5.20. The molecule has 0 bridgehead atoms. The molecule has 1 nitrogen and oxygen atoms in total. The van der Waals surface area contributed by atoms with E-state index in [1.807, 2.05) is 6.07 Å². The van der Waals surface area contributed by atoms with Crippen LogP contribution in [0.3, 0.4) is 0 Å². The maximum absolute atomic E-state index is 10.7. The number of aliphatic hydroxyl groups excluding tert-OH is 1. The van der Waals surface area contributed by atoms with Gasteiger partial charge in [-0.3, -0.25) is 0 Å². The molecule has 1 aliphatic carbocycles. The van der Waals surface area contributed by atoms with E-state index in [9.17, 15) is 5.11 Å². The number of aliphatic hydroxyl groups is 1. The van der Waals surface area contributed by atoms with Crippen LogP contribution in [0.2, 0.25) is 0 Å². The van der Waals surface area contributed by atoms with Crippen molar-refractivity contribution in [3.63, 3.8) is 0 Å². The molecule has 1 aromatic heterocycles. The summed E-state index contributed by atoms with van der Waals surface area (Å²) in [5.74, 6) is 0. The number of rotatable bonds is 4. The van der Waals surface area contributed by atoms with Crippen LogP contribution in [0.25, 0.3) is 0 Å². The SMILES string of the molecule is OC(Cc1ccc(Br)s1)C1(c2ccccc2)CCC1. The Hall–Kier alpha value is -0.640. The molecule has 1 aromatic carbocycles. The van der Waals surface area contributed by atoms with Gasteiger partial charge in [0.2, 0.25) is 0 Å². The molecule has 2 aromatic rings. The molecule has 0 amide bonds. The Labute approximate surface area is 126 Å². The summed E-state index contributed by atoms with van der Waals surface area (Å²) in [6.45, 7) is 0. The number of benzene rings is 1. The van der Waals surface area contributed by atoms with Gasteiger partial charge in [-0.1, -0.05) is 36.8 Å². The Bertz CT molecular complexity index is 545. The first kappa shape index (κ1) is 13.3. The molecule has 1 fully saturated rings. The van der Waals surface area contributed by atoms with Crippen molar-refractivity contribution in [2.45, 2.75) is 37.2 Å². The lowest BCUT2D eigenvalue weighted by atomic mass is 9.60. The molecule has 3 rings (SSSR count). The van der Waals surface area contributed by atoms with Gasteiger partial charge in [0.05, 0.1) is 9.89 Å². The molecule has 19 heavy (non-hydrogen) atoms. The molecule has 0 radical (unpaired) electrons. The second-order valence-corrected chi connectivity index (χ2v) is 7.85. The van der Waals surface area contributed by atoms with Crippen molar-refractivity contribution < 1.29 is 5.11 Å². The number of halogens is 1. The molecular formula is C16H17BrOS. The average Bonchev–Trinajstić information content (AvgIpc) is 2.75. The van der Waals surface area contributed by atoms with Crippen LogP contribution in [0.1, 0.15) is 29.7 Å². The van der Waals surface area contributed by atoms with E-state index in [0.29, 0.717) is 0 Å². The van der Waals surface area contributed by atoms with Gasteiger partial charge in [0, 0.05) is 16.7 Å². The molecule has 1 aliphatic rings. The summed E-state index contributed by atoms with van der Waals surface area (Å²) < 4.78 is 1.14. The highest BCUT2D eigenvalue weighted by Gasteiger charge is 2.44. The van der Waals surface area contributed by atoms with Crippen LogP contribution >= 0.6 is 27.3 Å². The molecule has 1 saturated carbocycles. The van der Waals surface area contributed by atoms with Gasteiger partial charge in [-0.2, -0.15) is 0 Å². The Kier molecular flexibility index (Phi) is 3.79. The minimum Gasteiger partial charge on any atom is -0.392 e. The van der Waals surface area contributed by atoms with Crippen molar-refractivity contribution >= 4 is 27.3 Å². The van der Waals surface area contributed by atoms with Crippen LogP contribution < -0.4 is 0 Å².